The van der Waals surface area contributed by atoms with Gasteiger partial charge in [0.1, 0.15) is 26.0 Å². The summed E-state index contributed by atoms with van der Waals surface area (Å²) in [4.78, 5) is -1.51. The van der Waals surface area contributed by atoms with E-state index >= 15 is 0 Å². The van der Waals surface area contributed by atoms with Crippen LogP contribution in [0.1, 0.15) is 0 Å². The van der Waals surface area contributed by atoms with Crippen molar-refractivity contribution >= 4 is 36.7 Å². The van der Waals surface area contributed by atoms with E-state index in [1.807, 2.05) is 0 Å². The van der Waals surface area contributed by atoms with Gasteiger partial charge in [-0.2, -0.15) is 0 Å². The molecular formula is C10H7NNaO7S2-. The number of phenolic OH excluding ortho intramolecular Hbond substituents is 1. The minimum atomic E-state index is -4.87. The second kappa shape index (κ2) is 5.72. The van der Waals surface area contributed by atoms with Gasteiger partial charge in [0.15, 0.2) is 0 Å². The molecule has 0 saturated carbocycles. The van der Waals surface area contributed by atoms with E-state index in [4.69, 9.17) is 5.73 Å². The van der Waals surface area contributed by atoms with Gasteiger partial charge in [-0.3, -0.25) is 0 Å². The van der Waals surface area contributed by atoms with Crippen LogP contribution in [0, 0.1) is 0 Å². The van der Waals surface area contributed by atoms with Gasteiger partial charge in [0.2, 0.25) is 0 Å². The number of nitrogens with two attached hydrogens (primary N) is 1. The van der Waals surface area contributed by atoms with E-state index in [1.165, 1.54) is 0 Å². The monoisotopic (exact) mass is 340 g/mol. The van der Waals surface area contributed by atoms with Gasteiger partial charge in [-0.05, 0) is 29.7 Å². The maximum absolute atomic E-state index is 11.0. The fraction of sp³-hybridized carbons (Fsp3) is 0. The molecule has 0 amide bonds. The van der Waals surface area contributed by atoms with E-state index < -0.39 is 35.8 Å². The largest absolute Gasteiger partial charge is 1.00 e. The first-order valence-electron chi connectivity index (χ1n) is 4.98. The van der Waals surface area contributed by atoms with Gasteiger partial charge in [0.25, 0.3) is 0 Å². The van der Waals surface area contributed by atoms with Gasteiger partial charge in [0.05, 0.1) is 9.79 Å². The minimum Gasteiger partial charge on any atom is -0.744 e. The Hall–Kier alpha value is -0.880. The Kier molecular flexibility index (Phi) is 4.95. The van der Waals surface area contributed by atoms with Crippen LogP contribution in [-0.4, -0.2) is 31.0 Å². The number of aromatic hydroxyl groups is 1. The number of benzene rings is 2. The Bertz CT molecular complexity index is 922. The molecular weight excluding hydrogens is 333 g/mol. The van der Waals surface area contributed by atoms with Crippen molar-refractivity contribution in [3.05, 3.63) is 24.3 Å². The van der Waals surface area contributed by atoms with Crippen molar-refractivity contribution in [3.63, 3.8) is 0 Å². The summed E-state index contributed by atoms with van der Waals surface area (Å²) in [5.74, 6) is -0.571. The molecule has 0 unspecified atom stereocenters. The third-order valence-corrected chi connectivity index (χ3v) is 4.30. The molecule has 21 heavy (non-hydrogen) atoms. The molecule has 0 aliphatic carbocycles. The summed E-state index contributed by atoms with van der Waals surface area (Å²) in [6, 6.07) is 3.39. The molecule has 0 aliphatic heterocycles. The van der Waals surface area contributed by atoms with Crippen LogP contribution in [0.4, 0.5) is 5.69 Å². The van der Waals surface area contributed by atoms with Crippen molar-refractivity contribution in [1.29, 1.82) is 0 Å². The summed E-state index contributed by atoms with van der Waals surface area (Å²) in [6.45, 7) is 0. The predicted molar refractivity (Wildman–Crippen MR) is 66.0 cm³/mol. The van der Waals surface area contributed by atoms with Crippen LogP contribution < -0.4 is 35.3 Å². The van der Waals surface area contributed by atoms with Gasteiger partial charge >= 0.3 is 29.6 Å². The van der Waals surface area contributed by atoms with E-state index in [1.54, 1.807) is 0 Å². The molecule has 0 aliphatic rings. The van der Waals surface area contributed by atoms with Crippen molar-refractivity contribution in [1.82, 2.24) is 0 Å². The van der Waals surface area contributed by atoms with Crippen LogP contribution in [0.2, 0.25) is 0 Å². The topological polar surface area (TPSA) is 161 Å². The van der Waals surface area contributed by atoms with Crippen LogP contribution in [0.15, 0.2) is 34.1 Å². The van der Waals surface area contributed by atoms with Crippen molar-refractivity contribution in [2.75, 3.05) is 5.73 Å². The molecule has 0 aromatic heterocycles. The van der Waals surface area contributed by atoms with Crippen molar-refractivity contribution in [2.45, 2.75) is 9.79 Å². The summed E-state index contributed by atoms with van der Waals surface area (Å²) >= 11 is 0. The molecule has 0 atom stereocenters. The average Bonchev–Trinajstić information content (AvgIpc) is 2.26. The number of fused-ring (bicyclic) bond motifs is 1. The van der Waals surface area contributed by atoms with Gasteiger partial charge < -0.3 is 19.9 Å². The Labute approximate surface area is 142 Å². The number of rotatable bonds is 2. The predicted octanol–water partition coefficient (Wildman–Crippen LogP) is -3.06. The molecule has 0 spiro atoms. The number of hydrogen-bond acceptors (Lipinski definition) is 8. The molecule has 0 saturated heterocycles. The average molecular weight is 340 g/mol. The van der Waals surface area contributed by atoms with Crippen LogP contribution in [0.25, 0.3) is 10.8 Å². The zero-order valence-electron chi connectivity index (χ0n) is 10.6. The fourth-order valence-corrected chi connectivity index (χ4v) is 2.87. The van der Waals surface area contributed by atoms with Crippen LogP contribution >= 0.6 is 0 Å². The van der Waals surface area contributed by atoms with Gasteiger partial charge in [0, 0.05) is 11.1 Å². The summed E-state index contributed by atoms with van der Waals surface area (Å²) in [5, 5.41) is 9.55. The number of nitrogen functional groups attached to an aromatic ring is 1. The minimum absolute atomic E-state index is 0. The van der Waals surface area contributed by atoms with E-state index in [0.29, 0.717) is 0 Å². The van der Waals surface area contributed by atoms with E-state index in [2.05, 4.69) is 0 Å². The Morgan fingerprint density at radius 1 is 0.952 bits per heavy atom. The second-order valence-corrected chi connectivity index (χ2v) is 6.69. The van der Waals surface area contributed by atoms with Crippen LogP contribution in [0.5, 0.6) is 5.75 Å². The number of phenols is 1. The molecule has 2 rings (SSSR count). The van der Waals surface area contributed by atoms with E-state index in [0.717, 1.165) is 24.3 Å². The van der Waals surface area contributed by atoms with Crippen molar-refractivity contribution in [2.24, 2.45) is 0 Å². The van der Waals surface area contributed by atoms with Gasteiger partial charge in [-0.15, -0.1) is 0 Å². The third kappa shape index (κ3) is 3.66. The third-order valence-electron chi connectivity index (χ3n) is 2.59. The molecule has 8 nitrogen and oxygen atoms in total. The van der Waals surface area contributed by atoms with E-state index in [9.17, 15) is 31.0 Å². The molecule has 0 radical (unpaired) electrons. The molecule has 2 aromatic rings. The molecule has 11 heteroatoms. The number of hydrogen-bond donors (Lipinski definition) is 2. The summed E-state index contributed by atoms with van der Waals surface area (Å²) in [7, 11) is -9.71. The van der Waals surface area contributed by atoms with Crippen molar-refractivity contribution < 1.29 is 60.6 Å². The van der Waals surface area contributed by atoms with E-state index in [-0.39, 0.29) is 46.0 Å². The summed E-state index contributed by atoms with van der Waals surface area (Å²) in [5.41, 5.74) is 5.01. The first-order valence-corrected chi connectivity index (χ1v) is 7.80. The maximum Gasteiger partial charge on any atom is 1.00 e. The normalized spacial score (nSPS) is 12.1. The molecule has 3 N–H and O–H groups in total. The summed E-state index contributed by atoms with van der Waals surface area (Å²) < 4.78 is 65.7. The Balaban J connectivity index is 0.00000220. The molecule has 108 valence electrons. The fourth-order valence-electron chi connectivity index (χ4n) is 1.72. The molecule has 2 aromatic carbocycles. The first kappa shape index (κ1) is 18.2. The van der Waals surface area contributed by atoms with Gasteiger partial charge in [-0.1, -0.05) is 0 Å². The number of anilines is 1. The molecule has 0 fully saturated rings. The quantitative estimate of drug-likeness (QED) is 0.331. The zero-order valence-corrected chi connectivity index (χ0v) is 14.2. The second-order valence-electron chi connectivity index (χ2n) is 3.96. The summed E-state index contributed by atoms with van der Waals surface area (Å²) in [6.07, 6.45) is 0. The van der Waals surface area contributed by atoms with Gasteiger partial charge in [-0.25, -0.2) is 16.8 Å². The van der Waals surface area contributed by atoms with Crippen molar-refractivity contribution in [3.8, 4) is 5.75 Å². The zero-order chi connectivity index (χ0) is 15.3. The SMILES string of the molecule is Nc1cc2c(O)cc(S(=O)(=O)[O-])cc2cc1S(=O)(=O)[O-].[Na+]. The van der Waals surface area contributed by atoms with Crippen LogP contribution in [-0.2, 0) is 20.2 Å². The maximum atomic E-state index is 11.0. The molecule has 0 bridgehead atoms. The van der Waals surface area contributed by atoms with Crippen LogP contribution in [0.3, 0.4) is 0 Å². The molecule has 0 heterocycles. The Morgan fingerprint density at radius 2 is 1.52 bits per heavy atom. The Morgan fingerprint density at radius 3 is 2.00 bits per heavy atom. The smallest absolute Gasteiger partial charge is 0.744 e. The standard InChI is InChI=1S/C10H9NO7S2.Na/c11-8-4-7-5(2-10(8)20(16,17)18)1-6(3-9(7)12)19(13,14)15;/h1-4,12H,11H2,(H,13,14,15)(H,16,17,18);/q;+1/p-2. The first-order chi connectivity index (χ1) is 9.00.